The summed E-state index contributed by atoms with van der Waals surface area (Å²) < 4.78 is 32.2. The summed E-state index contributed by atoms with van der Waals surface area (Å²) in [6, 6.07) is 23.5. The molecule has 1 aliphatic rings. The third-order valence-corrected chi connectivity index (χ3v) is 9.01. The topological polar surface area (TPSA) is 118 Å². The Bertz CT molecular complexity index is 2130. The highest BCUT2D eigenvalue weighted by molar-refractivity contribution is 5.94. The van der Waals surface area contributed by atoms with Crippen LogP contribution in [-0.2, 0) is 11.3 Å². The third-order valence-electron chi connectivity index (χ3n) is 9.01. The van der Waals surface area contributed by atoms with Crippen molar-refractivity contribution in [1.29, 1.82) is 5.26 Å². The highest BCUT2D eigenvalue weighted by Gasteiger charge is 2.42. The average molecular weight is 675 g/mol. The molecule has 5 aromatic rings. The van der Waals surface area contributed by atoms with Crippen LogP contribution in [0.4, 0.5) is 9.18 Å². The molecule has 1 unspecified atom stereocenters. The normalized spacial score (nSPS) is 15.8. The number of nitriles is 1. The van der Waals surface area contributed by atoms with E-state index in [1.54, 1.807) is 42.2 Å². The maximum Gasteiger partial charge on any atom is 0.410 e. The number of benzene rings is 4. The zero-order valence-electron chi connectivity index (χ0n) is 29.0. The lowest BCUT2D eigenvalue weighted by Crippen LogP contribution is -2.43. The lowest BCUT2D eigenvalue weighted by molar-refractivity contribution is 0.0651. The van der Waals surface area contributed by atoms with Crippen molar-refractivity contribution in [2.45, 2.75) is 58.6 Å². The molecule has 6 rings (SSSR count). The summed E-state index contributed by atoms with van der Waals surface area (Å²) in [5.41, 5.74) is 5.83. The predicted molar refractivity (Wildman–Crippen MR) is 188 cm³/mol. The quantitative estimate of drug-likeness (QED) is 0.158. The molecule has 1 atom stereocenters. The van der Waals surface area contributed by atoms with Gasteiger partial charge < -0.3 is 19.2 Å². The highest BCUT2D eigenvalue weighted by Crippen LogP contribution is 2.38. The molecule has 1 N–H and O–H groups in total. The van der Waals surface area contributed by atoms with Crippen molar-refractivity contribution < 1.29 is 27.9 Å². The van der Waals surface area contributed by atoms with Gasteiger partial charge in [-0.15, -0.1) is 0 Å². The zero-order chi connectivity index (χ0) is 35.7. The maximum absolute atomic E-state index is 14.8. The molecule has 1 saturated heterocycles. The molecule has 256 valence electrons. The Labute approximate surface area is 290 Å². The number of nitrogens with zero attached hydrogens (tertiary/aromatic N) is 3. The minimum absolute atomic E-state index is 0.0273. The molecule has 50 heavy (non-hydrogen) atoms. The first kappa shape index (κ1) is 34.2. The molecule has 4 aromatic carbocycles. The predicted octanol–water partition coefficient (Wildman–Crippen LogP) is 8.57. The number of amides is 2. The van der Waals surface area contributed by atoms with E-state index < -0.39 is 11.7 Å². The number of fused-ring (bicyclic) bond motifs is 1. The number of carbonyl (C=O) groups is 2. The number of oxazole rings is 1. The average Bonchev–Trinajstić information content (AvgIpc) is 3.66. The maximum atomic E-state index is 14.8. The number of carbonyl (C=O) groups excluding carboxylic acids is 2. The minimum Gasteiger partial charge on any atom is -0.496 e. The summed E-state index contributed by atoms with van der Waals surface area (Å²) in [7, 11) is 1.51. The Morgan fingerprint density at radius 2 is 1.76 bits per heavy atom. The number of hydrogen-bond donors (Lipinski definition) is 1. The van der Waals surface area contributed by atoms with Crippen LogP contribution in [0.2, 0.25) is 0 Å². The van der Waals surface area contributed by atoms with Crippen molar-refractivity contribution in [3.63, 3.8) is 0 Å². The fraction of sp³-hybridized carbons (Fsp3) is 0.300. The molecule has 0 aliphatic carbocycles. The Balaban J connectivity index is 1.13. The van der Waals surface area contributed by atoms with Gasteiger partial charge in [0.05, 0.1) is 31.8 Å². The van der Waals surface area contributed by atoms with E-state index in [1.165, 1.54) is 13.2 Å². The van der Waals surface area contributed by atoms with E-state index in [2.05, 4.69) is 16.4 Å². The van der Waals surface area contributed by atoms with Crippen LogP contribution in [-0.4, -0.2) is 47.7 Å². The van der Waals surface area contributed by atoms with E-state index in [-0.39, 0.29) is 43.2 Å². The van der Waals surface area contributed by atoms with Gasteiger partial charge in [-0.05, 0) is 77.9 Å². The van der Waals surface area contributed by atoms with Crippen LogP contribution in [0.3, 0.4) is 0 Å². The molecule has 0 radical (unpaired) electrons. The van der Waals surface area contributed by atoms with Crippen LogP contribution in [0.1, 0.15) is 79.1 Å². The number of ether oxygens (including phenoxy) is 2. The van der Waals surface area contributed by atoms with Crippen molar-refractivity contribution in [3.05, 3.63) is 106 Å². The molecule has 9 nitrogen and oxygen atoms in total. The van der Waals surface area contributed by atoms with Crippen LogP contribution in [0.25, 0.3) is 33.7 Å². The lowest BCUT2D eigenvalue weighted by atomic mass is 9.93. The van der Waals surface area contributed by atoms with E-state index in [4.69, 9.17) is 13.9 Å². The highest BCUT2D eigenvalue weighted by atomic mass is 19.1. The standard InChI is InChI=1S/C40H39FN4O5/c1-23(2)30-17-32(35(48-6)18-33(30)41)29-10-8-7-9-28(29)20-45-22-40(5,50-39(45)47)21-43-37(46)26-11-13-27(14-12-26)38-44-34-16-25(19-42)15-31(24(3)4)36(34)49-38/h7-18,23-24H,20-22H2,1-6H3,(H,43,46). The van der Waals surface area contributed by atoms with E-state index in [9.17, 15) is 19.2 Å². The number of cyclic esters (lactones) is 1. The van der Waals surface area contributed by atoms with Gasteiger partial charge in [-0.2, -0.15) is 5.26 Å². The van der Waals surface area contributed by atoms with Gasteiger partial charge in [0.1, 0.15) is 22.7 Å². The largest absolute Gasteiger partial charge is 0.496 e. The first-order chi connectivity index (χ1) is 23.9. The van der Waals surface area contributed by atoms with E-state index in [0.717, 1.165) is 22.3 Å². The molecule has 1 aromatic heterocycles. The van der Waals surface area contributed by atoms with Gasteiger partial charge in [0.15, 0.2) is 5.58 Å². The summed E-state index contributed by atoms with van der Waals surface area (Å²) in [4.78, 5) is 32.5. The van der Waals surface area contributed by atoms with Gasteiger partial charge >= 0.3 is 6.09 Å². The minimum atomic E-state index is -0.964. The molecule has 0 saturated carbocycles. The fourth-order valence-electron chi connectivity index (χ4n) is 6.32. The SMILES string of the molecule is COc1cc(F)c(C(C)C)cc1-c1ccccc1CN1CC(C)(CNC(=O)c2ccc(-c3nc4cc(C#N)cc(C(C)C)c4o3)cc2)OC1=O. The second kappa shape index (κ2) is 13.7. The molecule has 1 aliphatic heterocycles. The van der Waals surface area contributed by atoms with Gasteiger partial charge in [-0.25, -0.2) is 14.2 Å². The van der Waals surface area contributed by atoms with Crippen LogP contribution in [0, 0.1) is 17.1 Å². The van der Waals surface area contributed by atoms with Crippen molar-refractivity contribution in [1.82, 2.24) is 15.2 Å². The number of aromatic nitrogens is 1. The second-order valence-electron chi connectivity index (χ2n) is 13.5. The molecule has 0 spiro atoms. The molecule has 2 heterocycles. The summed E-state index contributed by atoms with van der Waals surface area (Å²) >= 11 is 0. The Morgan fingerprint density at radius 3 is 2.44 bits per heavy atom. The molecule has 1 fully saturated rings. The van der Waals surface area contributed by atoms with Crippen molar-refractivity contribution >= 4 is 23.1 Å². The fourth-order valence-corrected chi connectivity index (χ4v) is 6.32. The van der Waals surface area contributed by atoms with Crippen molar-refractivity contribution in [3.8, 4) is 34.4 Å². The number of nitrogens with one attached hydrogen (secondary N) is 1. The van der Waals surface area contributed by atoms with E-state index in [1.807, 2.05) is 64.1 Å². The first-order valence-corrected chi connectivity index (χ1v) is 16.6. The van der Waals surface area contributed by atoms with Gasteiger partial charge in [-0.3, -0.25) is 9.69 Å². The molecule has 10 heteroatoms. The first-order valence-electron chi connectivity index (χ1n) is 16.6. The number of halogens is 1. The van der Waals surface area contributed by atoms with Crippen LogP contribution >= 0.6 is 0 Å². The van der Waals surface area contributed by atoms with Gasteiger partial charge in [0.25, 0.3) is 5.91 Å². The van der Waals surface area contributed by atoms with Crippen LogP contribution < -0.4 is 10.1 Å². The lowest BCUT2D eigenvalue weighted by Gasteiger charge is -2.23. The van der Waals surface area contributed by atoms with Crippen molar-refractivity contribution in [2.24, 2.45) is 0 Å². The molecule has 0 bridgehead atoms. The van der Waals surface area contributed by atoms with Crippen LogP contribution in [0.15, 0.2) is 77.2 Å². The van der Waals surface area contributed by atoms with E-state index >= 15 is 0 Å². The Morgan fingerprint density at radius 1 is 1.04 bits per heavy atom. The summed E-state index contributed by atoms with van der Waals surface area (Å²) in [6.07, 6.45) is -0.490. The van der Waals surface area contributed by atoms with Gasteiger partial charge in [-0.1, -0.05) is 52.0 Å². The number of hydrogen-bond acceptors (Lipinski definition) is 7. The summed E-state index contributed by atoms with van der Waals surface area (Å²) in [5.74, 6) is 0.279. The smallest absolute Gasteiger partial charge is 0.410 e. The van der Waals surface area contributed by atoms with Crippen LogP contribution in [0.5, 0.6) is 5.75 Å². The second-order valence-corrected chi connectivity index (χ2v) is 13.5. The number of rotatable bonds is 10. The van der Waals surface area contributed by atoms with E-state index in [0.29, 0.717) is 45.0 Å². The summed E-state index contributed by atoms with van der Waals surface area (Å²) in [6.45, 7) is 10.3. The molecular formula is C40H39FN4O5. The zero-order valence-corrected chi connectivity index (χ0v) is 29.0. The molecule has 2 amide bonds. The number of methoxy groups -OCH3 is 1. The Kier molecular flexibility index (Phi) is 9.35. The van der Waals surface area contributed by atoms with Crippen molar-refractivity contribution in [2.75, 3.05) is 20.2 Å². The summed E-state index contributed by atoms with van der Waals surface area (Å²) in [5, 5.41) is 12.3. The van der Waals surface area contributed by atoms with Gasteiger partial charge in [0.2, 0.25) is 5.89 Å². The van der Waals surface area contributed by atoms with Gasteiger partial charge in [0, 0.05) is 34.9 Å². The third kappa shape index (κ3) is 6.77. The Hall–Kier alpha value is -5.69. The monoisotopic (exact) mass is 674 g/mol. The molecular weight excluding hydrogens is 635 g/mol.